The summed E-state index contributed by atoms with van der Waals surface area (Å²) in [5, 5.41) is 16.8. The Bertz CT molecular complexity index is 1810. The zero-order chi connectivity index (χ0) is 32.5. The van der Waals surface area contributed by atoms with Crippen LogP contribution in [0.4, 0.5) is 0 Å². The molecule has 0 aliphatic heterocycles. The minimum Gasteiger partial charge on any atom is -0.497 e. The van der Waals surface area contributed by atoms with Gasteiger partial charge in [-0.3, -0.25) is 19.6 Å². The van der Waals surface area contributed by atoms with Gasteiger partial charge >= 0.3 is 0 Å². The number of benzene rings is 3. The van der Waals surface area contributed by atoms with Gasteiger partial charge in [0.2, 0.25) is 17.7 Å². The summed E-state index contributed by atoms with van der Waals surface area (Å²) in [5.74, 6) is -0.249. The van der Waals surface area contributed by atoms with Crippen LogP contribution in [0, 0.1) is 6.92 Å². The number of fused-ring (bicyclic) bond motifs is 2. The summed E-state index contributed by atoms with van der Waals surface area (Å²) in [6.07, 6.45) is 3.18. The highest BCUT2D eigenvalue weighted by molar-refractivity contribution is 5.94. The minimum absolute atomic E-state index is 0.106. The first-order valence-electron chi connectivity index (χ1n) is 15.7. The molecule has 0 spiro atoms. The van der Waals surface area contributed by atoms with Crippen LogP contribution in [0.25, 0.3) is 33.1 Å². The average molecular weight is 624 g/mol. The number of aromatic amines is 2. The lowest BCUT2D eigenvalue weighted by atomic mass is 10.0. The number of para-hydroxylation sites is 1. The number of hydrogen-bond acceptors (Lipinski definition) is 5. The lowest BCUT2D eigenvalue weighted by Gasteiger charge is -2.19. The molecule has 10 heteroatoms. The number of nitrogens with one attached hydrogen (secondary N) is 5. The molecule has 0 fully saturated rings. The highest BCUT2D eigenvalue weighted by Crippen LogP contribution is 2.31. The van der Waals surface area contributed by atoms with Crippen molar-refractivity contribution in [2.24, 2.45) is 0 Å². The lowest BCUT2D eigenvalue weighted by molar-refractivity contribution is -0.129. The van der Waals surface area contributed by atoms with E-state index in [0.717, 1.165) is 49.9 Å². The topological polar surface area (TPSA) is 148 Å². The van der Waals surface area contributed by atoms with Gasteiger partial charge < -0.3 is 25.3 Å². The number of ether oxygens (including phenoxy) is 1. The summed E-state index contributed by atoms with van der Waals surface area (Å²) in [6.45, 7) is 2.32. The van der Waals surface area contributed by atoms with Crippen molar-refractivity contribution in [1.82, 2.24) is 26.1 Å². The van der Waals surface area contributed by atoms with Crippen molar-refractivity contribution in [2.75, 3.05) is 13.7 Å². The summed E-state index contributed by atoms with van der Waals surface area (Å²) in [4.78, 5) is 45.2. The Hall–Kier alpha value is -5.09. The number of amides is 3. The van der Waals surface area contributed by atoms with Crippen LogP contribution in [-0.4, -0.2) is 52.6 Å². The number of aryl methyl sites for hydroxylation is 1. The quantitative estimate of drug-likeness (QED) is 0.0520. The van der Waals surface area contributed by atoms with Crippen LogP contribution in [0.2, 0.25) is 0 Å². The van der Waals surface area contributed by atoms with Crippen LogP contribution in [-0.2, 0) is 27.2 Å². The molecule has 46 heavy (non-hydrogen) atoms. The Morgan fingerprint density at radius 3 is 2.39 bits per heavy atom. The van der Waals surface area contributed by atoms with Crippen molar-refractivity contribution >= 4 is 39.5 Å². The molecular formula is C36H41N5O5. The van der Waals surface area contributed by atoms with Gasteiger partial charge in [0.15, 0.2) is 0 Å². The Morgan fingerprint density at radius 2 is 1.61 bits per heavy atom. The van der Waals surface area contributed by atoms with Crippen molar-refractivity contribution in [3.8, 4) is 17.0 Å². The summed E-state index contributed by atoms with van der Waals surface area (Å²) >= 11 is 0. The molecule has 3 amide bonds. The second-order valence-electron chi connectivity index (χ2n) is 11.5. The molecule has 1 atom stereocenters. The maximum atomic E-state index is 13.6. The van der Waals surface area contributed by atoms with E-state index >= 15 is 0 Å². The first-order valence-corrected chi connectivity index (χ1v) is 15.7. The fourth-order valence-electron chi connectivity index (χ4n) is 6.00. The van der Waals surface area contributed by atoms with Crippen LogP contribution >= 0.6 is 0 Å². The van der Waals surface area contributed by atoms with Crippen molar-refractivity contribution < 1.29 is 24.3 Å². The summed E-state index contributed by atoms with van der Waals surface area (Å²) in [5.41, 5.74) is 8.55. The van der Waals surface area contributed by atoms with Gasteiger partial charge in [-0.2, -0.15) is 0 Å². The van der Waals surface area contributed by atoms with Gasteiger partial charge in [-0.05, 0) is 67.1 Å². The van der Waals surface area contributed by atoms with Crippen LogP contribution < -0.4 is 20.9 Å². The van der Waals surface area contributed by atoms with E-state index in [0.29, 0.717) is 44.4 Å². The van der Waals surface area contributed by atoms with Gasteiger partial charge in [-0.1, -0.05) is 61.4 Å². The third-order valence-corrected chi connectivity index (χ3v) is 8.39. The number of H-pyrrole nitrogens is 2. The highest BCUT2D eigenvalue weighted by Gasteiger charge is 2.22. The largest absolute Gasteiger partial charge is 0.497 e. The zero-order valence-electron chi connectivity index (χ0n) is 26.2. The number of carbonyl (C=O) groups is 3. The highest BCUT2D eigenvalue weighted by atomic mass is 16.5. The maximum Gasteiger partial charge on any atom is 0.243 e. The Balaban J connectivity index is 1.27. The molecule has 0 saturated carbocycles. The van der Waals surface area contributed by atoms with Gasteiger partial charge in [0.25, 0.3) is 0 Å². The molecule has 0 saturated heterocycles. The molecule has 0 aliphatic carbocycles. The van der Waals surface area contributed by atoms with Gasteiger partial charge in [-0.25, -0.2) is 5.48 Å². The van der Waals surface area contributed by atoms with E-state index in [1.54, 1.807) is 12.6 Å². The summed E-state index contributed by atoms with van der Waals surface area (Å²) in [6, 6.07) is 23.2. The normalized spacial score (nSPS) is 11.8. The van der Waals surface area contributed by atoms with Crippen molar-refractivity contribution in [2.45, 2.75) is 57.9 Å². The van der Waals surface area contributed by atoms with Gasteiger partial charge in [-0.15, -0.1) is 0 Å². The van der Waals surface area contributed by atoms with Gasteiger partial charge in [0, 0.05) is 46.2 Å². The number of rotatable bonds is 15. The maximum absolute atomic E-state index is 13.6. The predicted molar refractivity (Wildman–Crippen MR) is 179 cm³/mol. The number of aromatic nitrogens is 2. The molecular weight excluding hydrogens is 582 g/mol. The summed E-state index contributed by atoms with van der Waals surface area (Å²) in [7, 11) is 1.60. The van der Waals surface area contributed by atoms with E-state index < -0.39 is 11.9 Å². The number of hydroxylamine groups is 1. The molecule has 5 aromatic rings. The number of methoxy groups -OCH3 is 1. The smallest absolute Gasteiger partial charge is 0.243 e. The van der Waals surface area contributed by atoms with E-state index in [-0.39, 0.29) is 24.7 Å². The van der Waals surface area contributed by atoms with E-state index in [4.69, 9.17) is 9.94 Å². The second kappa shape index (κ2) is 15.3. The molecule has 2 heterocycles. The second-order valence-corrected chi connectivity index (χ2v) is 11.5. The Morgan fingerprint density at radius 1 is 0.848 bits per heavy atom. The van der Waals surface area contributed by atoms with Crippen LogP contribution in [0.1, 0.15) is 48.9 Å². The molecule has 5 rings (SSSR count). The van der Waals surface area contributed by atoms with Crippen LogP contribution in [0.3, 0.4) is 0 Å². The van der Waals surface area contributed by atoms with E-state index in [2.05, 4.69) is 38.8 Å². The van der Waals surface area contributed by atoms with Gasteiger partial charge in [0.05, 0.1) is 13.5 Å². The molecule has 3 aromatic carbocycles. The monoisotopic (exact) mass is 623 g/mol. The van der Waals surface area contributed by atoms with E-state index in [1.165, 1.54) is 0 Å². The summed E-state index contributed by atoms with van der Waals surface area (Å²) < 4.78 is 5.39. The molecule has 0 radical (unpaired) electrons. The number of hydrogen-bond donors (Lipinski definition) is 6. The molecule has 2 aromatic heterocycles. The fourth-order valence-corrected chi connectivity index (χ4v) is 6.00. The SMILES string of the molecule is COc1ccc2[nH]c(C)c(CC(=O)N[C@H](CCCCCC(=O)NO)C(=O)NCCc3c(-c4ccccc4)[nH]c4ccccc34)c2c1. The minimum atomic E-state index is -0.740. The van der Waals surface area contributed by atoms with Crippen molar-refractivity contribution in [1.29, 1.82) is 0 Å². The zero-order valence-corrected chi connectivity index (χ0v) is 26.2. The molecule has 0 aliphatic rings. The van der Waals surface area contributed by atoms with E-state index in [1.807, 2.05) is 61.5 Å². The molecule has 0 bridgehead atoms. The van der Waals surface area contributed by atoms with Crippen LogP contribution in [0.5, 0.6) is 5.75 Å². The van der Waals surface area contributed by atoms with E-state index in [9.17, 15) is 14.4 Å². The third-order valence-electron chi connectivity index (χ3n) is 8.39. The standard InChI is InChI=1S/C36H41N5O5/c1-23-28(29-21-25(46-2)17-18-31(29)38-23)22-34(43)39-32(15-7-4-8-16-33(42)41-45)36(44)37-20-19-27-26-13-9-10-14-30(26)40-35(27)24-11-5-3-6-12-24/h3,5-6,9-14,17-18,21,32,38,40,45H,4,7-8,15-16,19-20,22H2,1-2H3,(H,37,44)(H,39,43)(H,41,42)/t32-/m1/s1. The third kappa shape index (κ3) is 7.76. The lowest BCUT2D eigenvalue weighted by Crippen LogP contribution is -2.47. The first-order chi connectivity index (χ1) is 22.4. The van der Waals surface area contributed by atoms with Crippen molar-refractivity contribution in [3.63, 3.8) is 0 Å². The molecule has 10 nitrogen and oxygen atoms in total. The Labute approximate surface area is 267 Å². The number of carbonyl (C=O) groups excluding carboxylic acids is 3. The molecule has 240 valence electrons. The fraction of sp³-hybridized carbons (Fsp3) is 0.306. The van der Waals surface area contributed by atoms with Crippen LogP contribution in [0.15, 0.2) is 72.8 Å². The molecule has 6 N–H and O–H groups in total. The van der Waals surface area contributed by atoms with Crippen molar-refractivity contribution in [3.05, 3.63) is 89.6 Å². The Kier molecular flexibility index (Phi) is 10.7. The number of unbranched alkanes of at least 4 members (excludes halogenated alkanes) is 2. The van der Waals surface area contributed by atoms with Gasteiger partial charge in [0.1, 0.15) is 11.8 Å². The average Bonchev–Trinajstić information content (AvgIpc) is 3.60. The predicted octanol–water partition coefficient (Wildman–Crippen LogP) is 5.48. The first kappa shape index (κ1) is 32.3. The molecule has 0 unspecified atom stereocenters.